The van der Waals surface area contributed by atoms with Gasteiger partial charge in [-0.25, -0.2) is 12.7 Å². The molecular formula is C10H21N3O4S. The Morgan fingerprint density at radius 3 is 2.33 bits per heavy atom. The third-order valence-electron chi connectivity index (χ3n) is 3.25. The van der Waals surface area contributed by atoms with Gasteiger partial charge in [-0.15, -0.1) is 0 Å². The summed E-state index contributed by atoms with van der Waals surface area (Å²) in [5.74, 6) is -1.82. The van der Waals surface area contributed by atoms with E-state index in [0.29, 0.717) is 19.1 Å². The van der Waals surface area contributed by atoms with Gasteiger partial charge in [-0.3, -0.25) is 4.79 Å². The number of hydrogen-bond acceptors (Lipinski definition) is 5. The molecule has 0 unspecified atom stereocenters. The third kappa shape index (κ3) is 3.91. The quantitative estimate of drug-likeness (QED) is 0.652. The Labute approximate surface area is 108 Å². The van der Waals surface area contributed by atoms with Crippen LogP contribution in [0.4, 0.5) is 0 Å². The van der Waals surface area contributed by atoms with Gasteiger partial charge in [0.15, 0.2) is 0 Å². The van der Waals surface area contributed by atoms with Crippen LogP contribution >= 0.6 is 0 Å². The minimum atomic E-state index is -3.57. The summed E-state index contributed by atoms with van der Waals surface area (Å²) in [5.41, 5.74) is 5.27. The van der Waals surface area contributed by atoms with Crippen LogP contribution in [0.2, 0.25) is 0 Å². The fourth-order valence-corrected chi connectivity index (χ4v) is 3.61. The molecule has 0 radical (unpaired) electrons. The molecule has 3 N–H and O–H groups in total. The summed E-state index contributed by atoms with van der Waals surface area (Å²) < 4.78 is 25.2. The number of carboxylic acid groups (broad SMARTS) is 1. The highest BCUT2D eigenvalue weighted by atomic mass is 32.2. The molecule has 0 saturated carbocycles. The van der Waals surface area contributed by atoms with Gasteiger partial charge < -0.3 is 15.7 Å². The molecule has 7 nitrogen and oxygen atoms in total. The van der Waals surface area contributed by atoms with Gasteiger partial charge in [-0.1, -0.05) is 0 Å². The smallest absolute Gasteiger partial charge is 0.321 e. The van der Waals surface area contributed by atoms with Crippen molar-refractivity contribution in [3.05, 3.63) is 0 Å². The normalized spacial score (nSPS) is 21.1. The Hall–Kier alpha value is -0.700. The fraction of sp³-hybridized carbons (Fsp3) is 0.900. The zero-order valence-corrected chi connectivity index (χ0v) is 11.6. The van der Waals surface area contributed by atoms with Crippen molar-refractivity contribution in [1.82, 2.24) is 9.21 Å². The molecule has 18 heavy (non-hydrogen) atoms. The van der Waals surface area contributed by atoms with Gasteiger partial charge >= 0.3 is 5.97 Å². The molecule has 0 amide bonds. The Bertz CT molecular complexity index is 388. The first-order chi connectivity index (χ1) is 8.24. The second kappa shape index (κ2) is 5.96. The minimum absolute atomic E-state index is 0.379. The summed E-state index contributed by atoms with van der Waals surface area (Å²) in [7, 11) is 0.367. The number of nitrogens with two attached hydrogens (primary N) is 1. The SMILES string of the molecule is CN(C)C1CCN(S(=O)(=O)C[C@H](N)C(=O)O)CC1. The van der Waals surface area contributed by atoms with Crippen molar-refractivity contribution in [2.45, 2.75) is 24.9 Å². The van der Waals surface area contributed by atoms with Crippen LogP contribution in [-0.2, 0) is 14.8 Å². The predicted molar refractivity (Wildman–Crippen MR) is 67.7 cm³/mol. The summed E-state index contributed by atoms with van der Waals surface area (Å²) in [6, 6.07) is -0.980. The van der Waals surface area contributed by atoms with Crippen molar-refractivity contribution in [2.75, 3.05) is 32.9 Å². The summed E-state index contributed by atoms with van der Waals surface area (Å²) in [5, 5.41) is 8.64. The van der Waals surface area contributed by atoms with E-state index in [0.717, 1.165) is 12.8 Å². The predicted octanol–water partition coefficient (Wildman–Crippen LogP) is -1.25. The largest absolute Gasteiger partial charge is 0.480 e. The highest BCUT2D eigenvalue weighted by molar-refractivity contribution is 7.89. The summed E-state index contributed by atoms with van der Waals surface area (Å²) >= 11 is 0. The van der Waals surface area contributed by atoms with Crippen molar-refractivity contribution < 1.29 is 18.3 Å². The topological polar surface area (TPSA) is 104 Å². The van der Waals surface area contributed by atoms with Crippen LogP contribution in [0.25, 0.3) is 0 Å². The lowest BCUT2D eigenvalue weighted by Crippen LogP contribution is -2.48. The molecule has 0 aromatic rings. The molecule has 1 aliphatic rings. The van der Waals surface area contributed by atoms with E-state index in [1.165, 1.54) is 4.31 Å². The highest BCUT2D eigenvalue weighted by Gasteiger charge is 2.31. The van der Waals surface area contributed by atoms with Gasteiger partial charge in [-0.2, -0.15) is 0 Å². The summed E-state index contributed by atoms with van der Waals surface area (Å²) in [6.07, 6.45) is 1.52. The highest BCUT2D eigenvalue weighted by Crippen LogP contribution is 2.17. The fourth-order valence-electron chi connectivity index (χ4n) is 2.04. The Kier molecular flexibility index (Phi) is 5.09. The van der Waals surface area contributed by atoms with Gasteiger partial charge in [0, 0.05) is 19.1 Å². The van der Waals surface area contributed by atoms with Crippen LogP contribution in [0.15, 0.2) is 0 Å². The standard InChI is InChI=1S/C10H21N3O4S/c1-12(2)8-3-5-13(6-4-8)18(16,17)7-9(11)10(14)15/h8-9H,3-7,11H2,1-2H3,(H,14,15)/t9-/m0/s1. The molecule has 0 aromatic carbocycles. The van der Waals surface area contributed by atoms with Crippen LogP contribution in [0.1, 0.15) is 12.8 Å². The Balaban J connectivity index is 2.58. The average Bonchev–Trinajstić information content (AvgIpc) is 2.28. The number of sulfonamides is 1. The first-order valence-electron chi connectivity index (χ1n) is 5.86. The maximum absolute atomic E-state index is 11.9. The second-order valence-corrected chi connectivity index (χ2v) is 6.83. The van der Waals surface area contributed by atoms with E-state index in [-0.39, 0.29) is 0 Å². The molecule has 1 aliphatic heterocycles. The third-order valence-corrected chi connectivity index (χ3v) is 5.19. The molecule has 0 aromatic heterocycles. The van der Waals surface area contributed by atoms with Gasteiger partial charge in [0.25, 0.3) is 0 Å². The first-order valence-corrected chi connectivity index (χ1v) is 7.47. The molecule has 1 atom stereocenters. The molecule has 1 rings (SSSR count). The van der Waals surface area contributed by atoms with Crippen LogP contribution in [0.3, 0.4) is 0 Å². The van der Waals surface area contributed by atoms with Crippen LogP contribution in [0.5, 0.6) is 0 Å². The lowest BCUT2D eigenvalue weighted by molar-refractivity contribution is -0.137. The minimum Gasteiger partial charge on any atom is -0.480 e. The number of aliphatic carboxylic acids is 1. The number of rotatable bonds is 5. The molecular weight excluding hydrogens is 258 g/mol. The van der Waals surface area contributed by atoms with E-state index >= 15 is 0 Å². The second-order valence-electron chi connectivity index (χ2n) is 4.82. The van der Waals surface area contributed by atoms with Crippen LogP contribution < -0.4 is 5.73 Å². The van der Waals surface area contributed by atoms with Crippen molar-refractivity contribution >= 4 is 16.0 Å². The maximum atomic E-state index is 11.9. The van der Waals surface area contributed by atoms with Gasteiger partial charge in [0.2, 0.25) is 10.0 Å². The van der Waals surface area contributed by atoms with Crippen molar-refractivity contribution in [3.8, 4) is 0 Å². The van der Waals surface area contributed by atoms with Gasteiger partial charge in [-0.05, 0) is 26.9 Å². The monoisotopic (exact) mass is 279 g/mol. The number of piperidine rings is 1. The van der Waals surface area contributed by atoms with Crippen molar-refractivity contribution in [2.24, 2.45) is 5.73 Å². The molecule has 1 fully saturated rings. The van der Waals surface area contributed by atoms with E-state index in [4.69, 9.17) is 10.8 Å². The summed E-state index contributed by atoms with van der Waals surface area (Å²) in [6.45, 7) is 0.856. The molecule has 0 aliphatic carbocycles. The molecule has 1 saturated heterocycles. The maximum Gasteiger partial charge on any atom is 0.321 e. The molecule has 0 bridgehead atoms. The van der Waals surface area contributed by atoms with Gasteiger partial charge in [0.1, 0.15) is 6.04 Å². The molecule has 8 heteroatoms. The number of nitrogens with zero attached hydrogens (tertiary/aromatic N) is 2. The number of hydrogen-bond donors (Lipinski definition) is 2. The van der Waals surface area contributed by atoms with Crippen molar-refractivity contribution in [1.29, 1.82) is 0 Å². The molecule has 0 spiro atoms. The van der Waals surface area contributed by atoms with E-state index in [1.54, 1.807) is 0 Å². The van der Waals surface area contributed by atoms with E-state index in [1.807, 2.05) is 14.1 Å². The zero-order valence-electron chi connectivity index (χ0n) is 10.7. The Morgan fingerprint density at radius 1 is 1.44 bits per heavy atom. The summed E-state index contributed by atoms with van der Waals surface area (Å²) in [4.78, 5) is 12.7. The zero-order chi connectivity index (χ0) is 13.9. The molecule has 1 heterocycles. The van der Waals surface area contributed by atoms with E-state index < -0.39 is 27.8 Å². The first kappa shape index (κ1) is 15.4. The van der Waals surface area contributed by atoms with E-state index in [9.17, 15) is 13.2 Å². The van der Waals surface area contributed by atoms with Gasteiger partial charge in [0.05, 0.1) is 5.75 Å². The van der Waals surface area contributed by atoms with Crippen LogP contribution in [-0.4, -0.2) is 73.7 Å². The lowest BCUT2D eigenvalue weighted by Gasteiger charge is -2.34. The van der Waals surface area contributed by atoms with Crippen molar-refractivity contribution in [3.63, 3.8) is 0 Å². The number of carbonyl (C=O) groups is 1. The van der Waals surface area contributed by atoms with E-state index in [2.05, 4.69) is 4.90 Å². The Morgan fingerprint density at radius 2 is 1.94 bits per heavy atom. The van der Waals surface area contributed by atoms with Crippen LogP contribution in [0, 0.1) is 0 Å². The molecule has 106 valence electrons. The lowest BCUT2D eigenvalue weighted by atomic mass is 10.1. The number of carboxylic acids is 1. The average molecular weight is 279 g/mol.